The van der Waals surface area contributed by atoms with E-state index in [1.807, 2.05) is 32.0 Å². The van der Waals surface area contributed by atoms with Crippen molar-refractivity contribution >= 4 is 28.9 Å². The van der Waals surface area contributed by atoms with Gasteiger partial charge in [0.15, 0.2) is 0 Å². The number of likely N-dealkylation sites (N-methyl/N-ethyl adjacent to an activating group) is 1. The molecule has 148 valence electrons. The van der Waals surface area contributed by atoms with Gasteiger partial charge >= 0.3 is 0 Å². The number of carbonyl (C=O) groups excluding carboxylic acids is 2. The number of para-hydroxylation sites is 1. The molecule has 0 unspecified atom stereocenters. The van der Waals surface area contributed by atoms with Crippen LogP contribution in [0.4, 0.5) is 17.1 Å². The van der Waals surface area contributed by atoms with Crippen LogP contribution in [0.2, 0.25) is 0 Å². The van der Waals surface area contributed by atoms with Crippen LogP contribution in [0.1, 0.15) is 16.7 Å². The van der Waals surface area contributed by atoms with E-state index in [4.69, 9.17) is 0 Å². The van der Waals surface area contributed by atoms with Gasteiger partial charge in [0.05, 0.1) is 18.0 Å². The second-order valence-electron chi connectivity index (χ2n) is 6.81. The van der Waals surface area contributed by atoms with E-state index in [1.165, 1.54) is 17.0 Å². The van der Waals surface area contributed by atoms with E-state index in [0.717, 1.165) is 22.4 Å². The fourth-order valence-electron chi connectivity index (χ4n) is 2.82. The summed E-state index contributed by atoms with van der Waals surface area (Å²) in [6.45, 7) is 5.49. The number of amides is 2. The number of benzene rings is 2. The summed E-state index contributed by atoms with van der Waals surface area (Å²) in [5, 5.41) is 16.5. The largest absolute Gasteiger partial charge is 0.324 e. The van der Waals surface area contributed by atoms with E-state index in [2.05, 4.69) is 10.6 Å². The lowest BCUT2D eigenvalue weighted by Gasteiger charge is -2.17. The molecule has 0 heterocycles. The molecule has 0 radical (unpaired) electrons. The predicted octanol–water partition coefficient (Wildman–Crippen LogP) is 3.03. The van der Waals surface area contributed by atoms with Crippen molar-refractivity contribution in [2.45, 2.75) is 20.8 Å². The van der Waals surface area contributed by atoms with Gasteiger partial charge in [-0.25, -0.2) is 0 Å². The van der Waals surface area contributed by atoms with Crippen molar-refractivity contribution < 1.29 is 14.5 Å². The zero-order chi connectivity index (χ0) is 20.8. The van der Waals surface area contributed by atoms with Crippen molar-refractivity contribution in [3.8, 4) is 0 Å². The van der Waals surface area contributed by atoms with Crippen LogP contribution in [0.3, 0.4) is 0 Å². The number of hydrogen-bond acceptors (Lipinski definition) is 5. The second kappa shape index (κ2) is 9.09. The Bertz CT molecular complexity index is 891. The molecular weight excluding hydrogens is 360 g/mol. The number of nitro benzene ring substituents is 1. The van der Waals surface area contributed by atoms with Gasteiger partial charge in [0.2, 0.25) is 11.8 Å². The normalized spacial score (nSPS) is 10.6. The molecule has 0 aromatic heterocycles. The molecule has 28 heavy (non-hydrogen) atoms. The smallest absolute Gasteiger partial charge is 0.293 e. The number of nitrogens with zero attached hydrogens (tertiary/aromatic N) is 2. The van der Waals surface area contributed by atoms with Gasteiger partial charge in [-0.1, -0.05) is 24.3 Å². The lowest BCUT2D eigenvalue weighted by atomic mass is 10.1. The zero-order valence-electron chi connectivity index (χ0n) is 16.4. The van der Waals surface area contributed by atoms with Gasteiger partial charge in [-0.3, -0.25) is 24.6 Å². The summed E-state index contributed by atoms with van der Waals surface area (Å²) in [5.41, 5.74) is 3.38. The molecule has 0 spiro atoms. The molecule has 0 saturated heterocycles. The third-order valence-electron chi connectivity index (χ3n) is 4.20. The number of nitrogens with one attached hydrogen (secondary N) is 2. The van der Waals surface area contributed by atoms with Gasteiger partial charge in [0.25, 0.3) is 5.69 Å². The highest BCUT2D eigenvalue weighted by molar-refractivity contribution is 5.96. The highest BCUT2D eigenvalue weighted by atomic mass is 16.6. The maximum absolute atomic E-state index is 12.3. The van der Waals surface area contributed by atoms with Crippen molar-refractivity contribution in [2.75, 3.05) is 30.8 Å². The van der Waals surface area contributed by atoms with Crippen molar-refractivity contribution in [3.63, 3.8) is 0 Å². The van der Waals surface area contributed by atoms with Crippen molar-refractivity contribution in [1.82, 2.24) is 4.90 Å². The van der Waals surface area contributed by atoms with Gasteiger partial charge in [0.1, 0.15) is 5.69 Å². The van der Waals surface area contributed by atoms with Crippen LogP contribution in [-0.2, 0) is 9.59 Å². The van der Waals surface area contributed by atoms with E-state index in [1.54, 1.807) is 20.0 Å². The first-order valence-corrected chi connectivity index (χ1v) is 8.77. The third kappa shape index (κ3) is 5.62. The van der Waals surface area contributed by atoms with Gasteiger partial charge in [0, 0.05) is 11.8 Å². The standard InChI is InChI=1S/C20H24N4O4/c1-13-8-9-16(17(10-13)24(27)28)21-18(25)11-23(4)12-19(26)22-20-14(2)6-5-7-15(20)3/h5-10H,11-12H2,1-4H3,(H,21,25)(H,22,26). The van der Waals surface area contributed by atoms with E-state index in [-0.39, 0.29) is 30.4 Å². The third-order valence-corrected chi connectivity index (χ3v) is 4.20. The van der Waals surface area contributed by atoms with Crippen LogP contribution in [0.25, 0.3) is 0 Å². The Kier molecular flexibility index (Phi) is 6.84. The molecule has 2 rings (SSSR count). The molecule has 0 aliphatic rings. The van der Waals surface area contributed by atoms with Gasteiger partial charge in [-0.2, -0.15) is 0 Å². The lowest BCUT2D eigenvalue weighted by Crippen LogP contribution is -2.36. The van der Waals surface area contributed by atoms with E-state index >= 15 is 0 Å². The number of carbonyl (C=O) groups is 2. The van der Waals surface area contributed by atoms with Crippen molar-refractivity contribution in [3.05, 3.63) is 63.2 Å². The Morgan fingerprint density at radius 2 is 1.57 bits per heavy atom. The number of hydrogen-bond donors (Lipinski definition) is 2. The summed E-state index contributed by atoms with van der Waals surface area (Å²) in [6.07, 6.45) is 0. The maximum atomic E-state index is 12.3. The van der Waals surface area contributed by atoms with Gasteiger partial charge in [-0.05, 0) is 50.6 Å². The maximum Gasteiger partial charge on any atom is 0.293 e. The lowest BCUT2D eigenvalue weighted by molar-refractivity contribution is -0.384. The number of rotatable bonds is 7. The van der Waals surface area contributed by atoms with Crippen LogP contribution in [0.5, 0.6) is 0 Å². The first-order valence-electron chi connectivity index (χ1n) is 8.77. The SMILES string of the molecule is Cc1ccc(NC(=O)CN(C)CC(=O)Nc2c(C)cccc2C)c([N+](=O)[O-])c1. The van der Waals surface area contributed by atoms with Crippen LogP contribution >= 0.6 is 0 Å². The Labute approximate surface area is 163 Å². The Hall–Kier alpha value is -3.26. The minimum absolute atomic E-state index is 0.0111. The topological polar surface area (TPSA) is 105 Å². The zero-order valence-corrected chi connectivity index (χ0v) is 16.4. The number of aryl methyl sites for hydroxylation is 3. The first-order chi connectivity index (χ1) is 13.2. The molecule has 8 nitrogen and oxygen atoms in total. The van der Waals surface area contributed by atoms with Crippen LogP contribution in [0.15, 0.2) is 36.4 Å². The minimum atomic E-state index is -0.537. The van der Waals surface area contributed by atoms with Crippen LogP contribution in [-0.4, -0.2) is 41.8 Å². The van der Waals surface area contributed by atoms with Crippen LogP contribution in [0, 0.1) is 30.9 Å². The number of anilines is 2. The van der Waals surface area contributed by atoms with Gasteiger partial charge in [-0.15, -0.1) is 0 Å². The molecule has 0 aliphatic heterocycles. The fourth-order valence-corrected chi connectivity index (χ4v) is 2.82. The predicted molar refractivity (Wildman–Crippen MR) is 109 cm³/mol. The van der Waals surface area contributed by atoms with Gasteiger partial charge < -0.3 is 10.6 Å². The average molecular weight is 384 g/mol. The van der Waals surface area contributed by atoms with Crippen molar-refractivity contribution in [2.24, 2.45) is 0 Å². The summed E-state index contributed by atoms with van der Waals surface area (Å²) in [4.78, 5) is 36.6. The quantitative estimate of drug-likeness (QED) is 0.564. The summed E-state index contributed by atoms with van der Waals surface area (Å²) in [7, 11) is 1.63. The summed E-state index contributed by atoms with van der Waals surface area (Å²) in [6, 6.07) is 10.3. The molecule has 0 bridgehead atoms. The van der Waals surface area contributed by atoms with E-state index in [0.29, 0.717) is 0 Å². The molecule has 0 aliphatic carbocycles. The summed E-state index contributed by atoms with van der Waals surface area (Å²) in [5.74, 6) is -0.677. The Morgan fingerprint density at radius 3 is 2.14 bits per heavy atom. The van der Waals surface area contributed by atoms with Crippen molar-refractivity contribution in [1.29, 1.82) is 0 Å². The van der Waals surface area contributed by atoms with E-state index in [9.17, 15) is 19.7 Å². The first kappa shape index (κ1) is 21.0. The molecule has 2 N–H and O–H groups in total. The monoisotopic (exact) mass is 384 g/mol. The van der Waals surface area contributed by atoms with E-state index < -0.39 is 10.8 Å². The second-order valence-corrected chi connectivity index (χ2v) is 6.81. The number of nitro groups is 1. The Morgan fingerprint density at radius 1 is 1.00 bits per heavy atom. The highest BCUT2D eigenvalue weighted by Crippen LogP contribution is 2.25. The minimum Gasteiger partial charge on any atom is -0.324 e. The fraction of sp³-hybridized carbons (Fsp3) is 0.300. The average Bonchev–Trinajstić information content (AvgIpc) is 2.59. The molecular formula is C20H24N4O4. The summed E-state index contributed by atoms with van der Waals surface area (Å²) < 4.78 is 0. The molecule has 2 aromatic carbocycles. The van der Waals surface area contributed by atoms with Crippen LogP contribution < -0.4 is 10.6 Å². The molecule has 0 fully saturated rings. The molecule has 0 atom stereocenters. The highest BCUT2D eigenvalue weighted by Gasteiger charge is 2.18. The molecule has 8 heteroatoms. The molecule has 2 aromatic rings. The molecule has 0 saturated carbocycles. The summed E-state index contributed by atoms with van der Waals surface area (Å²) >= 11 is 0. The Balaban J connectivity index is 1.94. The molecule has 2 amide bonds.